The highest BCUT2D eigenvalue weighted by Gasteiger charge is 2.44. The van der Waals surface area contributed by atoms with Gasteiger partial charge in [-0.25, -0.2) is 0 Å². The molecule has 0 atom stereocenters. The van der Waals surface area contributed by atoms with E-state index in [9.17, 15) is 17.7 Å². The number of nitrogens with zero attached hydrogens (tertiary/aromatic N) is 2. The fraction of sp³-hybridized carbons (Fsp3) is 0.333. The van der Waals surface area contributed by atoms with Crippen molar-refractivity contribution >= 4 is 52.1 Å². The van der Waals surface area contributed by atoms with Gasteiger partial charge in [-0.1, -0.05) is 93.1 Å². The van der Waals surface area contributed by atoms with Crippen LogP contribution < -0.4 is 9.60 Å². The summed E-state index contributed by atoms with van der Waals surface area (Å²) in [7, 11) is -1.46. The molecule has 0 aromatic heterocycles. The second-order valence-electron chi connectivity index (χ2n) is 15.4. The molecule has 0 fully saturated rings. The zero-order chi connectivity index (χ0) is 37.9. The van der Waals surface area contributed by atoms with E-state index in [1.165, 1.54) is 66.6 Å². The average molecular weight is 737 g/mol. The lowest BCUT2D eigenvalue weighted by atomic mass is 9.79. The van der Waals surface area contributed by atoms with E-state index >= 15 is 0 Å². The van der Waals surface area contributed by atoms with Gasteiger partial charge in [-0.05, 0) is 102 Å². The fourth-order valence-corrected chi connectivity index (χ4v) is 8.71. The largest absolute Gasteiger partial charge is 1.00 e. The molecule has 1 N–H and O–H groups in total. The molecular weight excluding hydrogens is 687 g/mol. The first-order valence-electron chi connectivity index (χ1n) is 18.7. The SMILES string of the molecule is C[N+]1=C(C=CC2=CC(=CC=C3N(CCCCCC(=O)O)c4ccc5ccccc5c4C3(C)C)CCC2)C(C)(C)c2c1ccc1ccccc21.FB(F)F.[F-]. The molecule has 0 bridgehead atoms. The second-order valence-corrected chi connectivity index (χ2v) is 15.4. The molecular formula is C45H49BF4N2O2. The van der Waals surface area contributed by atoms with E-state index in [4.69, 9.17) is 5.11 Å². The summed E-state index contributed by atoms with van der Waals surface area (Å²) in [5, 5.41) is 14.4. The predicted octanol–water partition coefficient (Wildman–Crippen LogP) is 8.80. The van der Waals surface area contributed by atoms with Crippen LogP contribution in [0.25, 0.3) is 21.5 Å². The topological polar surface area (TPSA) is 43.5 Å². The van der Waals surface area contributed by atoms with Gasteiger partial charge in [0.25, 0.3) is 0 Å². The Labute approximate surface area is 316 Å². The molecule has 2 heterocycles. The lowest BCUT2D eigenvalue weighted by Crippen LogP contribution is -3.00. The molecule has 4 aromatic rings. The Hall–Kier alpha value is -4.92. The summed E-state index contributed by atoms with van der Waals surface area (Å²) < 4.78 is 31.4. The third-order valence-electron chi connectivity index (χ3n) is 11.1. The molecule has 0 radical (unpaired) electrons. The normalized spacial score (nSPS) is 18.4. The van der Waals surface area contributed by atoms with Crippen molar-refractivity contribution < 1.29 is 32.1 Å². The zero-order valence-electron chi connectivity index (χ0n) is 31.8. The molecule has 0 saturated carbocycles. The third-order valence-corrected chi connectivity index (χ3v) is 11.1. The van der Waals surface area contributed by atoms with Crippen molar-refractivity contribution in [2.75, 3.05) is 18.5 Å². The minimum atomic E-state index is -3.67. The second kappa shape index (κ2) is 16.6. The average Bonchev–Trinajstić information content (AvgIpc) is 3.46. The molecule has 2 aliphatic heterocycles. The predicted molar refractivity (Wildman–Crippen MR) is 215 cm³/mol. The molecule has 0 amide bonds. The van der Waals surface area contributed by atoms with Crippen LogP contribution in [0.4, 0.5) is 24.3 Å². The molecule has 1 aliphatic carbocycles. The van der Waals surface area contributed by atoms with E-state index in [-0.39, 0.29) is 22.0 Å². The number of halogens is 4. The van der Waals surface area contributed by atoms with Gasteiger partial charge in [0.2, 0.25) is 5.69 Å². The van der Waals surface area contributed by atoms with Crippen molar-refractivity contribution in [3.63, 3.8) is 0 Å². The zero-order valence-corrected chi connectivity index (χ0v) is 31.8. The molecule has 3 aliphatic rings. The van der Waals surface area contributed by atoms with Crippen LogP contribution in [0.3, 0.4) is 0 Å². The van der Waals surface area contributed by atoms with Gasteiger partial charge in [0.05, 0.1) is 5.41 Å². The third kappa shape index (κ3) is 8.10. The molecule has 7 rings (SSSR count). The standard InChI is InChI=1S/C45H48N2O2.BF3.FH/c1-44(2)39(46(5)37-25-23-33-16-8-10-18-35(33)42(37)44)27-21-31-14-13-15-32(30-31)22-28-40-45(3,4)43-36-19-11-9-17-34(36)24-26-38(43)47(40)29-12-6-7-20-41(48)49;2-1(3)4;/h8-11,16-19,21-28,30H,6-7,12-15,20,29H2,1-5H3;;1H. The minimum absolute atomic E-state index is 0. The number of benzene rings is 4. The van der Waals surface area contributed by atoms with E-state index in [1.54, 1.807) is 0 Å². The van der Waals surface area contributed by atoms with Crippen LogP contribution in [0.5, 0.6) is 0 Å². The van der Waals surface area contributed by atoms with Crippen molar-refractivity contribution in [3.8, 4) is 0 Å². The molecule has 4 aromatic carbocycles. The summed E-state index contributed by atoms with van der Waals surface area (Å²) in [6.45, 7) is 10.3. The van der Waals surface area contributed by atoms with Gasteiger partial charge in [-0.2, -0.15) is 4.58 Å². The van der Waals surface area contributed by atoms with E-state index in [0.29, 0.717) is 0 Å². The number of allylic oxidation sites excluding steroid dienone is 8. The van der Waals surface area contributed by atoms with Gasteiger partial charge >= 0.3 is 13.5 Å². The molecule has 0 saturated heterocycles. The summed E-state index contributed by atoms with van der Waals surface area (Å²) >= 11 is 0. The van der Waals surface area contributed by atoms with Crippen LogP contribution in [0.15, 0.2) is 120 Å². The first kappa shape index (κ1) is 40.3. The lowest BCUT2D eigenvalue weighted by molar-refractivity contribution is -0.401. The van der Waals surface area contributed by atoms with E-state index < -0.39 is 13.5 Å². The summed E-state index contributed by atoms with van der Waals surface area (Å²) in [5.74, 6) is -0.711. The van der Waals surface area contributed by atoms with Gasteiger partial charge in [-0.15, -0.1) is 0 Å². The van der Waals surface area contributed by atoms with Crippen molar-refractivity contribution in [3.05, 3.63) is 131 Å². The maximum atomic E-state index is 11.1. The van der Waals surface area contributed by atoms with Gasteiger partial charge in [0.15, 0.2) is 5.71 Å². The Morgan fingerprint density at radius 2 is 1.44 bits per heavy atom. The Balaban J connectivity index is 0.00000107. The number of rotatable bonds is 9. The van der Waals surface area contributed by atoms with Gasteiger partial charge < -0.3 is 14.7 Å². The fourth-order valence-electron chi connectivity index (χ4n) is 8.71. The van der Waals surface area contributed by atoms with Crippen molar-refractivity contribution in [2.45, 2.75) is 83.5 Å². The molecule has 282 valence electrons. The highest BCUT2D eigenvalue weighted by Crippen LogP contribution is 2.51. The van der Waals surface area contributed by atoms with E-state index in [2.05, 4.69) is 147 Å². The first-order chi connectivity index (χ1) is 25.3. The van der Waals surface area contributed by atoms with Crippen LogP contribution in [0.2, 0.25) is 0 Å². The Kier molecular flexibility index (Phi) is 12.4. The monoisotopic (exact) mass is 736 g/mol. The highest BCUT2D eigenvalue weighted by atomic mass is 19.4. The molecule has 0 unspecified atom stereocenters. The summed E-state index contributed by atoms with van der Waals surface area (Å²) in [6, 6.07) is 26.5. The number of carbonyl (C=O) groups is 1. The van der Waals surface area contributed by atoms with Crippen LogP contribution in [-0.2, 0) is 15.6 Å². The molecule has 9 heteroatoms. The number of carboxylic acids is 1. The van der Waals surface area contributed by atoms with Gasteiger partial charge in [0, 0.05) is 47.5 Å². The van der Waals surface area contributed by atoms with Crippen LogP contribution >= 0.6 is 0 Å². The van der Waals surface area contributed by atoms with Crippen LogP contribution in [0.1, 0.15) is 83.8 Å². The van der Waals surface area contributed by atoms with Crippen LogP contribution in [0, 0.1) is 0 Å². The number of unbranched alkanes of at least 4 members (excludes halogenated alkanes) is 2. The van der Waals surface area contributed by atoms with Crippen LogP contribution in [-0.4, -0.2) is 42.5 Å². The quantitative estimate of drug-likeness (QED) is 0.0809. The summed E-state index contributed by atoms with van der Waals surface area (Å²) in [6.07, 6.45) is 18.0. The first-order valence-corrected chi connectivity index (χ1v) is 18.7. The Morgan fingerprint density at radius 3 is 2.11 bits per heavy atom. The smallest absolute Gasteiger partial charge is 0.762 e. The van der Waals surface area contributed by atoms with E-state index in [1.807, 2.05) is 0 Å². The number of fused-ring (bicyclic) bond motifs is 6. The summed E-state index contributed by atoms with van der Waals surface area (Å²) in [5.41, 5.74) is 10.5. The van der Waals surface area contributed by atoms with Crippen molar-refractivity contribution in [2.24, 2.45) is 0 Å². The molecule has 4 nitrogen and oxygen atoms in total. The maximum absolute atomic E-state index is 11.1. The summed E-state index contributed by atoms with van der Waals surface area (Å²) in [4.78, 5) is 13.6. The van der Waals surface area contributed by atoms with Crippen molar-refractivity contribution in [1.82, 2.24) is 0 Å². The number of hydrogen-bond acceptors (Lipinski definition) is 2. The number of anilines is 1. The number of carboxylic acid groups (broad SMARTS) is 1. The molecule has 0 spiro atoms. The van der Waals surface area contributed by atoms with E-state index in [0.717, 1.165) is 45.1 Å². The Bertz CT molecular complexity index is 2200. The maximum Gasteiger partial charge on any atom is 0.762 e. The highest BCUT2D eigenvalue weighted by molar-refractivity contribution is 6.33. The van der Waals surface area contributed by atoms with Gasteiger partial charge in [0.1, 0.15) is 7.05 Å². The minimum Gasteiger partial charge on any atom is -1.00 e. The van der Waals surface area contributed by atoms with Gasteiger partial charge in [-0.3, -0.25) is 17.7 Å². The van der Waals surface area contributed by atoms with Crippen molar-refractivity contribution in [1.29, 1.82) is 0 Å². The Morgan fingerprint density at radius 1 is 0.815 bits per heavy atom. The lowest BCUT2D eigenvalue weighted by Gasteiger charge is -2.27. The number of hydrogen-bond donors (Lipinski definition) is 1. The molecule has 54 heavy (non-hydrogen) atoms. The number of aliphatic carboxylic acids is 1.